The standard InChI is InChI=1S/C14H21BrFNO/c1-9(2)11(8-17)13(16)7-10-4-5-14(18-3)12(15)6-10/h4-6,9,11,13H,7-8,17H2,1-3H3. The molecule has 0 radical (unpaired) electrons. The Morgan fingerprint density at radius 1 is 1.39 bits per heavy atom. The first-order chi connectivity index (χ1) is 8.49. The van der Waals surface area contributed by atoms with Crippen molar-refractivity contribution in [2.45, 2.75) is 26.4 Å². The fourth-order valence-electron chi connectivity index (χ4n) is 2.05. The van der Waals surface area contributed by atoms with E-state index in [4.69, 9.17) is 10.5 Å². The summed E-state index contributed by atoms with van der Waals surface area (Å²) in [6, 6.07) is 5.64. The molecule has 0 amide bonds. The van der Waals surface area contributed by atoms with Crippen molar-refractivity contribution in [3.05, 3.63) is 28.2 Å². The van der Waals surface area contributed by atoms with Crippen molar-refractivity contribution in [2.75, 3.05) is 13.7 Å². The molecule has 1 rings (SSSR count). The number of hydrogen-bond donors (Lipinski definition) is 1. The molecule has 0 aliphatic carbocycles. The molecular formula is C14H21BrFNO. The second kappa shape index (κ2) is 7.10. The van der Waals surface area contributed by atoms with Crippen LogP contribution in [0.1, 0.15) is 19.4 Å². The molecule has 0 aliphatic heterocycles. The minimum Gasteiger partial charge on any atom is -0.496 e. The zero-order chi connectivity index (χ0) is 13.7. The molecule has 1 aromatic carbocycles. The summed E-state index contributed by atoms with van der Waals surface area (Å²) in [5.41, 5.74) is 6.59. The quantitative estimate of drug-likeness (QED) is 0.870. The van der Waals surface area contributed by atoms with Gasteiger partial charge in [0.15, 0.2) is 0 Å². The molecule has 2 N–H and O–H groups in total. The first-order valence-corrected chi connectivity index (χ1v) is 6.95. The van der Waals surface area contributed by atoms with E-state index in [0.717, 1.165) is 15.8 Å². The summed E-state index contributed by atoms with van der Waals surface area (Å²) < 4.78 is 20.2. The normalized spacial score (nSPS) is 14.6. The molecule has 0 aliphatic rings. The van der Waals surface area contributed by atoms with Gasteiger partial charge >= 0.3 is 0 Å². The number of nitrogens with two attached hydrogens (primary N) is 1. The van der Waals surface area contributed by atoms with E-state index in [1.807, 2.05) is 32.0 Å². The monoisotopic (exact) mass is 317 g/mol. The highest BCUT2D eigenvalue weighted by Gasteiger charge is 2.23. The van der Waals surface area contributed by atoms with E-state index in [2.05, 4.69) is 15.9 Å². The Bertz CT molecular complexity index is 384. The van der Waals surface area contributed by atoms with E-state index in [0.29, 0.717) is 13.0 Å². The molecule has 2 nitrogen and oxygen atoms in total. The lowest BCUT2D eigenvalue weighted by Gasteiger charge is -2.23. The van der Waals surface area contributed by atoms with Crippen LogP contribution in [0.2, 0.25) is 0 Å². The van der Waals surface area contributed by atoms with Gasteiger partial charge in [-0.15, -0.1) is 0 Å². The third kappa shape index (κ3) is 3.95. The summed E-state index contributed by atoms with van der Waals surface area (Å²) in [6.45, 7) is 4.40. The van der Waals surface area contributed by atoms with Crippen molar-refractivity contribution in [3.63, 3.8) is 0 Å². The number of benzene rings is 1. The van der Waals surface area contributed by atoms with E-state index >= 15 is 0 Å². The molecule has 0 aromatic heterocycles. The third-order valence-corrected chi connectivity index (χ3v) is 3.86. The molecule has 102 valence electrons. The Kier molecular flexibility index (Phi) is 6.09. The van der Waals surface area contributed by atoms with Crippen LogP contribution in [0.25, 0.3) is 0 Å². The van der Waals surface area contributed by atoms with E-state index < -0.39 is 6.17 Å². The summed E-state index contributed by atoms with van der Waals surface area (Å²) in [5.74, 6) is 0.922. The first-order valence-electron chi connectivity index (χ1n) is 6.16. The average Bonchev–Trinajstić information content (AvgIpc) is 2.29. The Balaban J connectivity index is 2.75. The molecule has 18 heavy (non-hydrogen) atoms. The van der Waals surface area contributed by atoms with Gasteiger partial charge in [-0.2, -0.15) is 0 Å². The second-order valence-electron chi connectivity index (χ2n) is 4.83. The number of halogens is 2. The van der Waals surface area contributed by atoms with Crippen LogP contribution in [0.5, 0.6) is 5.75 Å². The van der Waals surface area contributed by atoms with Crippen LogP contribution in [0, 0.1) is 11.8 Å². The summed E-state index contributed by atoms with van der Waals surface area (Å²) in [7, 11) is 1.61. The van der Waals surface area contributed by atoms with E-state index in [1.165, 1.54) is 0 Å². The van der Waals surface area contributed by atoms with Crippen molar-refractivity contribution in [3.8, 4) is 5.75 Å². The highest BCUT2D eigenvalue weighted by atomic mass is 79.9. The van der Waals surface area contributed by atoms with Crippen molar-refractivity contribution >= 4 is 15.9 Å². The number of hydrogen-bond acceptors (Lipinski definition) is 2. The molecule has 1 aromatic rings. The Morgan fingerprint density at radius 2 is 2.06 bits per heavy atom. The number of alkyl halides is 1. The maximum absolute atomic E-state index is 14.2. The van der Waals surface area contributed by atoms with Crippen molar-refractivity contribution in [1.29, 1.82) is 0 Å². The van der Waals surface area contributed by atoms with Crippen LogP contribution in [-0.4, -0.2) is 19.8 Å². The smallest absolute Gasteiger partial charge is 0.133 e. The Morgan fingerprint density at radius 3 is 2.50 bits per heavy atom. The summed E-state index contributed by atoms with van der Waals surface area (Å²) in [6.07, 6.45) is -0.516. The van der Waals surface area contributed by atoms with Gasteiger partial charge in [0.25, 0.3) is 0 Å². The molecular weight excluding hydrogens is 297 g/mol. The highest BCUT2D eigenvalue weighted by Crippen LogP contribution is 2.28. The van der Waals surface area contributed by atoms with Gasteiger partial charge in [0, 0.05) is 12.3 Å². The van der Waals surface area contributed by atoms with Gasteiger partial charge < -0.3 is 10.5 Å². The van der Waals surface area contributed by atoms with E-state index in [9.17, 15) is 4.39 Å². The maximum atomic E-state index is 14.2. The lowest BCUT2D eigenvalue weighted by atomic mass is 9.88. The molecule has 0 spiro atoms. The topological polar surface area (TPSA) is 35.2 Å². The molecule has 0 fully saturated rings. The zero-order valence-electron chi connectivity index (χ0n) is 11.1. The predicted octanol–water partition coefficient (Wildman–Crippen LogP) is 3.57. The van der Waals surface area contributed by atoms with Crippen molar-refractivity contribution in [1.82, 2.24) is 0 Å². The van der Waals surface area contributed by atoms with E-state index in [1.54, 1.807) is 7.11 Å². The Labute approximate surface area is 117 Å². The number of rotatable bonds is 6. The van der Waals surface area contributed by atoms with Gasteiger partial charge in [-0.25, -0.2) is 4.39 Å². The van der Waals surface area contributed by atoms with Crippen LogP contribution >= 0.6 is 15.9 Å². The van der Waals surface area contributed by atoms with Gasteiger partial charge in [0.05, 0.1) is 11.6 Å². The molecule has 0 bridgehead atoms. The first kappa shape index (κ1) is 15.4. The fraction of sp³-hybridized carbons (Fsp3) is 0.571. The lowest BCUT2D eigenvalue weighted by molar-refractivity contribution is 0.185. The van der Waals surface area contributed by atoms with Crippen molar-refractivity contribution in [2.24, 2.45) is 17.6 Å². The highest BCUT2D eigenvalue weighted by molar-refractivity contribution is 9.10. The molecule has 0 saturated carbocycles. The fourth-order valence-corrected chi connectivity index (χ4v) is 2.64. The van der Waals surface area contributed by atoms with Gasteiger partial charge in [-0.1, -0.05) is 19.9 Å². The van der Waals surface area contributed by atoms with Crippen LogP contribution in [0.3, 0.4) is 0 Å². The van der Waals surface area contributed by atoms with Crippen LogP contribution in [-0.2, 0) is 6.42 Å². The molecule has 0 saturated heterocycles. The second-order valence-corrected chi connectivity index (χ2v) is 5.69. The SMILES string of the molecule is COc1ccc(CC(F)C(CN)C(C)C)cc1Br. The summed E-state index contributed by atoms with van der Waals surface area (Å²) in [5, 5.41) is 0. The van der Waals surface area contributed by atoms with Crippen molar-refractivity contribution < 1.29 is 9.13 Å². The zero-order valence-corrected chi connectivity index (χ0v) is 12.7. The minimum absolute atomic E-state index is 0.0918. The van der Waals surface area contributed by atoms with Gasteiger partial charge in [-0.05, 0) is 46.1 Å². The van der Waals surface area contributed by atoms with Gasteiger partial charge in [0.2, 0.25) is 0 Å². The van der Waals surface area contributed by atoms with Crippen LogP contribution in [0.15, 0.2) is 22.7 Å². The van der Waals surface area contributed by atoms with Crippen LogP contribution < -0.4 is 10.5 Å². The van der Waals surface area contributed by atoms with Gasteiger partial charge in [0.1, 0.15) is 11.9 Å². The van der Waals surface area contributed by atoms with Crippen LogP contribution in [0.4, 0.5) is 4.39 Å². The molecule has 2 unspecified atom stereocenters. The largest absolute Gasteiger partial charge is 0.496 e. The average molecular weight is 318 g/mol. The summed E-state index contributed by atoms with van der Waals surface area (Å²) in [4.78, 5) is 0. The lowest BCUT2D eigenvalue weighted by Crippen LogP contribution is -2.30. The number of ether oxygens (including phenoxy) is 1. The maximum Gasteiger partial charge on any atom is 0.133 e. The Hall–Kier alpha value is -0.610. The molecule has 2 atom stereocenters. The molecule has 0 heterocycles. The minimum atomic E-state index is -0.907. The molecule has 4 heteroatoms. The van der Waals surface area contributed by atoms with Gasteiger partial charge in [-0.3, -0.25) is 0 Å². The third-order valence-electron chi connectivity index (χ3n) is 3.24. The number of methoxy groups -OCH3 is 1. The summed E-state index contributed by atoms with van der Waals surface area (Å²) >= 11 is 3.41. The van der Waals surface area contributed by atoms with E-state index in [-0.39, 0.29) is 11.8 Å². The predicted molar refractivity (Wildman–Crippen MR) is 76.7 cm³/mol.